The van der Waals surface area contributed by atoms with E-state index in [1.807, 2.05) is 19.0 Å². The first-order valence-corrected chi connectivity index (χ1v) is 5.50. The van der Waals surface area contributed by atoms with Crippen LogP contribution in [0, 0.1) is 10.1 Å². The second kappa shape index (κ2) is 5.01. The van der Waals surface area contributed by atoms with Crippen molar-refractivity contribution in [3.8, 4) is 0 Å². The molecule has 0 bridgehead atoms. The molecular weight excluding hydrogens is 236 g/mol. The number of hydrogen-bond donors (Lipinski definition) is 1. The Bertz CT molecular complexity index is 564. The van der Waals surface area contributed by atoms with Crippen LogP contribution in [0.1, 0.15) is 0 Å². The summed E-state index contributed by atoms with van der Waals surface area (Å²) in [5.74, 6) is 0. The van der Waals surface area contributed by atoms with Gasteiger partial charge in [-0.3, -0.25) is 10.1 Å². The maximum atomic E-state index is 10.6. The summed E-state index contributed by atoms with van der Waals surface area (Å²) in [6.07, 6.45) is 0. The van der Waals surface area contributed by atoms with Crippen LogP contribution in [0.4, 0.5) is 11.7 Å². The van der Waals surface area contributed by atoms with Crippen molar-refractivity contribution in [1.29, 1.82) is 0 Å². The van der Waals surface area contributed by atoms with Crippen LogP contribution in [0.5, 0.6) is 0 Å². The van der Waals surface area contributed by atoms with Crippen molar-refractivity contribution in [3.05, 3.63) is 28.3 Å². The van der Waals surface area contributed by atoms with Crippen molar-refractivity contribution in [2.24, 2.45) is 0 Å². The average molecular weight is 250 g/mol. The third-order valence-electron chi connectivity index (χ3n) is 2.42. The number of nitrogens with zero attached hydrogens (tertiary/aromatic N) is 3. The highest BCUT2D eigenvalue weighted by atomic mass is 16.6. The first-order chi connectivity index (χ1) is 8.56. The molecule has 0 spiro atoms. The number of nitrogens with one attached hydrogen (secondary N) is 1. The molecule has 0 unspecified atom stereocenters. The standard InChI is InChI=1S/C11H14N4O3/c1-14(2)6-5-12-11-13-9-4-3-8(15(16)17)7-10(9)18-11/h3-4,7H,5-6H2,1-2H3,(H,12,13). The zero-order valence-corrected chi connectivity index (χ0v) is 10.2. The summed E-state index contributed by atoms with van der Waals surface area (Å²) in [7, 11) is 3.94. The predicted molar refractivity (Wildman–Crippen MR) is 67.7 cm³/mol. The summed E-state index contributed by atoms with van der Waals surface area (Å²) in [5, 5.41) is 13.6. The highest BCUT2D eigenvalue weighted by Crippen LogP contribution is 2.23. The average Bonchev–Trinajstić information content (AvgIpc) is 2.69. The lowest BCUT2D eigenvalue weighted by atomic mass is 10.3. The quantitative estimate of drug-likeness (QED) is 0.642. The molecule has 0 fully saturated rings. The van der Waals surface area contributed by atoms with E-state index in [1.54, 1.807) is 6.07 Å². The molecular formula is C11H14N4O3. The fourth-order valence-corrected chi connectivity index (χ4v) is 1.49. The maximum Gasteiger partial charge on any atom is 0.295 e. The summed E-state index contributed by atoms with van der Waals surface area (Å²) >= 11 is 0. The van der Waals surface area contributed by atoms with E-state index in [2.05, 4.69) is 10.3 Å². The number of nitro groups is 1. The number of anilines is 1. The van der Waals surface area contributed by atoms with Crippen LogP contribution >= 0.6 is 0 Å². The van der Waals surface area contributed by atoms with Gasteiger partial charge < -0.3 is 14.6 Å². The molecule has 0 amide bonds. The smallest absolute Gasteiger partial charge is 0.295 e. The van der Waals surface area contributed by atoms with Gasteiger partial charge >= 0.3 is 0 Å². The van der Waals surface area contributed by atoms with E-state index in [0.717, 1.165) is 6.54 Å². The number of aromatic nitrogens is 1. The largest absolute Gasteiger partial charge is 0.423 e. The van der Waals surface area contributed by atoms with E-state index in [1.165, 1.54) is 12.1 Å². The molecule has 2 rings (SSSR count). The molecule has 0 atom stereocenters. The van der Waals surface area contributed by atoms with Crippen LogP contribution in [0.2, 0.25) is 0 Å². The third-order valence-corrected chi connectivity index (χ3v) is 2.42. The number of oxazole rings is 1. The Morgan fingerprint density at radius 1 is 1.50 bits per heavy atom. The van der Waals surface area contributed by atoms with Gasteiger partial charge in [0, 0.05) is 19.2 Å². The number of fused-ring (bicyclic) bond motifs is 1. The van der Waals surface area contributed by atoms with Gasteiger partial charge in [-0.05, 0) is 20.2 Å². The van der Waals surface area contributed by atoms with Crippen LogP contribution in [0.3, 0.4) is 0 Å². The Hall–Kier alpha value is -2.15. The van der Waals surface area contributed by atoms with Gasteiger partial charge in [0.1, 0.15) is 5.52 Å². The molecule has 0 radical (unpaired) electrons. The zero-order chi connectivity index (χ0) is 13.1. The van der Waals surface area contributed by atoms with E-state index >= 15 is 0 Å². The van der Waals surface area contributed by atoms with E-state index < -0.39 is 4.92 Å². The molecule has 0 aliphatic carbocycles. The van der Waals surface area contributed by atoms with E-state index in [4.69, 9.17) is 4.42 Å². The summed E-state index contributed by atoms with van der Waals surface area (Å²) in [6, 6.07) is 4.74. The maximum absolute atomic E-state index is 10.6. The minimum absolute atomic E-state index is 0.00140. The number of hydrogen-bond acceptors (Lipinski definition) is 6. The summed E-state index contributed by atoms with van der Waals surface area (Å²) in [5.41, 5.74) is 1.02. The number of rotatable bonds is 5. The van der Waals surface area contributed by atoms with Gasteiger partial charge in [0.15, 0.2) is 5.58 Å². The molecule has 2 aromatic rings. The number of benzene rings is 1. The fraction of sp³-hybridized carbons (Fsp3) is 0.364. The van der Waals surface area contributed by atoms with Crippen LogP contribution in [0.15, 0.2) is 22.6 Å². The predicted octanol–water partition coefficient (Wildman–Crippen LogP) is 1.71. The fourth-order valence-electron chi connectivity index (χ4n) is 1.49. The van der Waals surface area contributed by atoms with Crippen molar-refractivity contribution in [2.45, 2.75) is 0 Å². The Kier molecular flexibility index (Phi) is 3.42. The third kappa shape index (κ3) is 2.75. The number of likely N-dealkylation sites (N-methyl/N-ethyl adjacent to an activating group) is 1. The molecule has 0 saturated carbocycles. The first kappa shape index (κ1) is 12.3. The molecule has 1 aromatic carbocycles. The van der Waals surface area contributed by atoms with E-state index in [-0.39, 0.29) is 5.69 Å². The highest BCUT2D eigenvalue weighted by molar-refractivity contribution is 5.77. The van der Waals surface area contributed by atoms with Gasteiger partial charge in [-0.25, -0.2) is 0 Å². The molecule has 7 nitrogen and oxygen atoms in total. The van der Waals surface area contributed by atoms with Crippen LogP contribution in [-0.4, -0.2) is 42.0 Å². The second-order valence-electron chi connectivity index (χ2n) is 4.16. The second-order valence-corrected chi connectivity index (χ2v) is 4.16. The molecule has 0 aliphatic heterocycles. The number of nitro benzene ring substituents is 1. The molecule has 0 aliphatic rings. The Balaban J connectivity index is 2.14. The molecule has 1 heterocycles. The molecule has 0 saturated heterocycles. The highest BCUT2D eigenvalue weighted by Gasteiger charge is 2.11. The van der Waals surface area contributed by atoms with Gasteiger partial charge in [0.2, 0.25) is 0 Å². The van der Waals surface area contributed by atoms with Gasteiger partial charge in [-0.2, -0.15) is 4.98 Å². The van der Waals surface area contributed by atoms with E-state index in [9.17, 15) is 10.1 Å². The lowest BCUT2D eigenvalue weighted by molar-refractivity contribution is -0.384. The minimum Gasteiger partial charge on any atom is -0.423 e. The summed E-state index contributed by atoms with van der Waals surface area (Å²) in [6.45, 7) is 1.54. The summed E-state index contributed by atoms with van der Waals surface area (Å²) in [4.78, 5) is 16.4. The van der Waals surface area contributed by atoms with E-state index in [0.29, 0.717) is 23.7 Å². The topological polar surface area (TPSA) is 84.4 Å². The Labute approximate surface area is 104 Å². The van der Waals surface area contributed by atoms with Crippen molar-refractivity contribution in [2.75, 3.05) is 32.5 Å². The first-order valence-electron chi connectivity index (χ1n) is 5.50. The summed E-state index contributed by atoms with van der Waals surface area (Å²) < 4.78 is 5.40. The Morgan fingerprint density at radius 2 is 2.28 bits per heavy atom. The lowest BCUT2D eigenvalue weighted by Crippen LogP contribution is -2.20. The van der Waals surface area contributed by atoms with Crippen molar-refractivity contribution in [1.82, 2.24) is 9.88 Å². The molecule has 96 valence electrons. The molecule has 18 heavy (non-hydrogen) atoms. The zero-order valence-electron chi connectivity index (χ0n) is 10.2. The minimum atomic E-state index is -0.457. The van der Waals surface area contributed by atoms with Crippen LogP contribution < -0.4 is 5.32 Å². The molecule has 7 heteroatoms. The molecule has 1 N–H and O–H groups in total. The molecule has 1 aromatic heterocycles. The lowest BCUT2D eigenvalue weighted by Gasteiger charge is -2.08. The van der Waals surface area contributed by atoms with Gasteiger partial charge in [-0.1, -0.05) is 0 Å². The van der Waals surface area contributed by atoms with Crippen molar-refractivity contribution >= 4 is 22.8 Å². The Morgan fingerprint density at radius 3 is 2.94 bits per heavy atom. The number of non-ortho nitro benzene ring substituents is 1. The van der Waals surface area contributed by atoms with Gasteiger partial charge in [0.25, 0.3) is 11.7 Å². The van der Waals surface area contributed by atoms with Crippen molar-refractivity contribution in [3.63, 3.8) is 0 Å². The van der Waals surface area contributed by atoms with Crippen LogP contribution in [-0.2, 0) is 0 Å². The van der Waals surface area contributed by atoms with Crippen molar-refractivity contribution < 1.29 is 9.34 Å². The normalized spacial score (nSPS) is 11.1. The van der Waals surface area contributed by atoms with Gasteiger partial charge in [-0.15, -0.1) is 0 Å². The monoisotopic (exact) mass is 250 g/mol. The van der Waals surface area contributed by atoms with Gasteiger partial charge in [0.05, 0.1) is 11.0 Å². The van der Waals surface area contributed by atoms with Crippen LogP contribution in [0.25, 0.3) is 11.1 Å². The SMILES string of the molecule is CN(C)CCNc1nc2ccc([N+](=O)[O-])cc2o1.